The molecule has 1 aromatic heterocycles. The zero-order chi connectivity index (χ0) is 18.3. The molecule has 0 aliphatic heterocycles. The van der Waals surface area contributed by atoms with Gasteiger partial charge in [0.2, 0.25) is 0 Å². The number of rotatable bonds is 4. The summed E-state index contributed by atoms with van der Waals surface area (Å²) >= 11 is 19.7. The molecule has 0 radical (unpaired) electrons. The van der Waals surface area contributed by atoms with Crippen molar-refractivity contribution in [1.82, 2.24) is 0 Å². The van der Waals surface area contributed by atoms with E-state index >= 15 is 0 Å². The summed E-state index contributed by atoms with van der Waals surface area (Å²) in [5.41, 5.74) is 1.08. The van der Waals surface area contributed by atoms with Crippen LogP contribution in [0, 0.1) is 0 Å². The number of hydrogen-bond donors (Lipinski definition) is 1. The molecule has 0 amide bonds. The second kappa shape index (κ2) is 6.96. The average molecular weight is 414 g/mol. The van der Waals surface area contributed by atoms with Crippen molar-refractivity contribution in [1.29, 1.82) is 0 Å². The third kappa shape index (κ3) is 3.40. The van der Waals surface area contributed by atoms with Gasteiger partial charge < -0.3 is 5.11 Å². The molecule has 2 aromatic carbocycles. The summed E-state index contributed by atoms with van der Waals surface area (Å²) < 4.78 is 0.758. The minimum atomic E-state index is -0.962. The number of aliphatic carboxylic acids is 1. The van der Waals surface area contributed by atoms with Gasteiger partial charge in [-0.05, 0) is 53.6 Å². The molecule has 0 aliphatic carbocycles. The Hall–Kier alpha value is -1.59. The molecular formula is C18H11Cl3O3S. The first-order valence-electron chi connectivity index (χ1n) is 7.22. The molecule has 1 unspecified atom stereocenters. The van der Waals surface area contributed by atoms with Crippen LogP contribution >= 0.6 is 46.1 Å². The van der Waals surface area contributed by atoms with E-state index in [0.29, 0.717) is 16.1 Å². The summed E-state index contributed by atoms with van der Waals surface area (Å²) in [4.78, 5) is 24.4. The highest BCUT2D eigenvalue weighted by atomic mass is 35.5. The maximum Gasteiger partial charge on any atom is 0.310 e. The van der Waals surface area contributed by atoms with Crippen LogP contribution in [0.25, 0.3) is 10.1 Å². The van der Waals surface area contributed by atoms with Crippen molar-refractivity contribution in [3.63, 3.8) is 0 Å². The Balaban J connectivity index is 2.23. The molecule has 1 heterocycles. The van der Waals surface area contributed by atoms with Crippen molar-refractivity contribution in [2.45, 2.75) is 12.8 Å². The summed E-state index contributed by atoms with van der Waals surface area (Å²) in [6.07, 6.45) is 0. The third-order valence-electron chi connectivity index (χ3n) is 3.92. The Morgan fingerprint density at radius 2 is 1.72 bits per heavy atom. The standard InChI is InChI=1S/C18H11Cl3O3S/c1-8(18(23)24)10-4-9-2-3-25-17(9)12(5-10)16(22)15-13(20)6-11(19)7-14(15)21/h2-8H,1H3,(H,23,24). The maximum absolute atomic E-state index is 13.1. The molecule has 3 rings (SSSR count). The van der Waals surface area contributed by atoms with Gasteiger partial charge in [-0.2, -0.15) is 0 Å². The number of hydrogen-bond acceptors (Lipinski definition) is 3. The Labute approximate surface area is 162 Å². The van der Waals surface area contributed by atoms with Crippen LogP contribution in [0.15, 0.2) is 35.7 Å². The van der Waals surface area contributed by atoms with Gasteiger partial charge in [0, 0.05) is 15.3 Å². The molecule has 0 bridgehead atoms. The summed E-state index contributed by atoms with van der Waals surface area (Å²) in [6, 6.07) is 8.14. The van der Waals surface area contributed by atoms with Crippen molar-refractivity contribution in [3.8, 4) is 0 Å². The molecule has 25 heavy (non-hydrogen) atoms. The highest BCUT2D eigenvalue weighted by Gasteiger charge is 2.23. The summed E-state index contributed by atoms with van der Waals surface area (Å²) in [5, 5.41) is 12.6. The summed E-state index contributed by atoms with van der Waals surface area (Å²) in [5.74, 6) is -2.07. The van der Waals surface area contributed by atoms with E-state index in [1.165, 1.54) is 23.5 Å². The molecule has 128 valence electrons. The Kier molecular flexibility index (Phi) is 5.07. The SMILES string of the molecule is CC(C(=O)O)c1cc(C(=O)c2c(Cl)cc(Cl)cc2Cl)c2sccc2c1. The molecule has 0 fully saturated rings. The predicted octanol–water partition coefficient (Wildman–Crippen LogP) is 6.28. The first-order valence-corrected chi connectivity index (χ1v) is 9.24. The number of thiophene rings is 1. The van der Waals surface area contributed by atoms with Crippen LogP contribution in [0.2, 0.25) is 15.1 Å². The number of carbonyl (C=O) groups excluding carboxylic acids is 1. The highest BCUT2D eigenvalue weighted by molar-refractivity contribution is 7.17. The van der Waals surface area contributed by atoms with Crippen LogP contribution in [-0.4, -0.2) is 16.9 Å². The lowest BCUT2D eigenvalue weighted by Gasteiger charge is -2.12. The van der Waals surface area contributed by atoms with E-state index in [4.69, 9.17) is 34.8 Å². The second-order valence-electron chi connectivity index (χ2n) is 5.54. The molecular weight excluding hydrogens is 403 g/mol. The second-order valence-corrected chi connectivity index (χ2v) is 7.71. The third-order valence-corrected chi connectivity index (χ3v) is 5.70. The van der Waals surface area contributed by atoms with E-state index in [1.54, 1.807) is 19.1 Å². The number of carboxylic acids is 1. The van der Waals surface area contributed by atoms with E-state index in [0.717, 1.165) is 10.1 Å². The van der Waals surface area contributed by atoms with Crippen molar-refractivity contribution in [3.05, 3.63) is 67.5 Å². The maximum atomic E-state index is 13.1. The van der Waals surface area contributed by atoms with Gasteiger partial charge in [-0.3, -0.25) is 9.59 Å². The van der Waals surface area contributed by atoms with E-state index in [-0.39, 0.29) is 21.4 Å². The molecule has 3 aromatic rings. The van der Waals surface area contributed by atoms with Gasteiger partial charge in [0.15, 0.2) is 5.78 Å². The van der Waals surface area contributed by atoms with Gasteiger partial charge in [-0.25, -0.2) is 0 Å². The quantitative estimate of drug-likeness (QED) is 0.512. The van der Waals surface area contributed by atoms with Crippen molar-refractivity contribution in [2.24, 2.45) is 0 Å². The van der Waals surface area contributed by atoms with Crippen molar-refractivity contribution >= 4 is 68.0 Å². The Bertz CT molecular complexity index is 987. The zero-order valence-electron chi connectivity index (χ0n) is 12.8. The predicted molar refractivity (Wildman–Crippen MR) is 103 cm³/mol. The molecule has 1 N–H and O–H groups in total. The van der Waals surface area contributed by atoms with Gasteiger partial charge in [-0.1, -0.05) is 34.8 Å². The Morgan fingerprint density at radius 1 is 1.08 bits per heavy atom. The highest BCUT2D eigenvalue weighted by Crippen LogP contribution is 2.35. The van der Waals surface area contributed by atoms with Crippen LogP contribution < -0.4 is 0 Å². The fourth-order valence-electron chi connectivity index (χ4n) is 2.56. The lowest BCUT2D eigenvalue weighted by Crippen LogP contribution is -2.10. The average Bonchev–Trinajstić information content (AvgIpc) is 3.00. The van der Waals surface area contributed by atoms with Crippen LogP contribution in [0.1, 0.15) is 34.3 Å². The minimum absolute atomic E-state index is 0.155. The first-order chi connectivity index (χ1) is 11.8. The normalized spacial score (nSPS) is 12.3. The number of halogens is 3. The number of carbonyl (C=O) groups is 2. The fourth-order valence-corrected chi connectivity index (χ4v) is 4.44. The van der Waals surface area contributed by atoms with Crippen molar-refractivity contribution < 1.29 is 14.7 Å². The van der Waals surface area contributed by atoms with Crippen LogP contribution in [0.5, 0.6) is 0 Å². The zero-order valence-corrected chi connectivity index (χ0v) is 15.9. The topological polar surface area (TPSA) is 54.4 Å². The summed E-state index contributed by atoms with van der Waals surface area (Å²) in [6.45, 7) is 1.58. The summed E-state index contributed by atoms with van der Waals surface area (Å²) in [7, 11) is 0. The lowest BCUT2D eigenvalue weighted by atomic mass is 9.94. The van der Waals surface area contributed by atoms with E-state index in [1.807, 2.05) is 11.4 Å². The van der Waals surface area contributed by atoms with E-state index in [9.17, 15) is 14.7 Å². The van der Waals surface area contributed by atoms with Crippen LogP contribution in [0.4, 0.5) is 0 Å². The smallest absolute Gasteiger partial charge is 0.310 e. The molecule has 3 nitrogen and oxygen atoms in total. The molecule has 1 atom stereocenters. The van der Waals surface area contributed by atoms with Crippen LogP contribution in [-0.2, 0) is 4.79 Å². The largest absolute Gasteiger partial charge is 0.481 e. The van der Waals surface area contributed by atoms with Gasteiger partial charge in [0.05, 0.1) is 21.5 Å². The molecule has 0 spiro atoms. The minimum Gasteiger partial charge on any atom is -0.481 e. The molecule has 0 aliphatic rings. The van der Waals surface area contributed by atoms with E-state index < -0.39 is 11.9 Å². The number of ketones is 1. The molecule has 0 saturated carbocycles. The first kappa shape index (κ1) is 18.2. The van der Waals surface area contributed by atoms with Gasteiger partial charge in [0.25, 0.3) is 0 Å². The van der Waals surface area contributed by atoms with Crippen molar-refractivity contribution in [2.75, 3.05) is 0 Å². The van der Waals surface area contributed by atoms with Gasteiger partial charge in [0.1, 0.15) is 0 Å². The number of benzene rings is 2. The van der Waals surface area contributed by atoms with Crippen LogP contribution in [0.3, 0.4) is 0 Å². The Morgan fingerprint density at radius 3 is 2.32 bits per heavy atom. The van der Waals surface area contributed by atoms with Gasteiger partial charge >= 0.3 is 5.97 Å². The van der Waals surface area contributed by atoms with Gasteiger partial charge in [-0.15, -0.1) is 11.3 Å². The number of carboxylic acid groups (broad SMARTS) is 1. The van der Waals surface area contributed by atoms with E-state index in [2.05, 4.69) is 0 Å². The lowest BCUT2D eigenvalue weighted by molar-refractivity contribution is -0.138. The molecule has 0 saturated heterocycles. The monoisotopic (exact) mass is 412 g/mol. The molecule has 7 heteroatoms. The number of fused-ring (bicyclic) bond motifs is 1. The fraction of sp³-hybridized carbons (Fsp3) is 0.111.